The molecule has 2 aliphatic rings. The molecule has 4 aromatic carbocycles. The van der Waals surface area contributed by atoms with Crippen molar-refractivity contribution >= 4 is 68.9 Å². The van der Waals surface area contributed by atoms with Crippen molar-refractivity contribution in [2.45, 2.75) is 15.9 Å². The van der Waals surface area contributed by atoms with E-state index in [-0.39, 0.29) is 16.5 Å². The molecule has 10 heteroatoms. The first-order valence-electron chi connectivity index (χ1n) is 11.9. The Labute approximate surface area is 243 Å². The highest BCUT2D eigenvalue weighted by Crippen LogP contribution is 2.71. The fourth-order valence-electron chi connectivity index (χ4n) is 5.08. The fourth-order valence-corrected chi connectivity index (χ4v) is 8.88. The number of rotatable bonds is 5. The minimum Gasteiger partial charge on any atom is -0.292 e. The fraction of sp³-hybridized carbons (Fsp3) is 0.103. The van der Waals surface area contributed by atoms with Crippen molar-refractivity contribution in [1.82, 2.24) is 0 Å². The average molecular weight is 593 g/mol. The number of fused-ring (bicyclic) bond motifs is 2. The monoisotopic (exact) mass is 591 g/mol. The second-order valence-electron chi connectivity index (χ2n) is 9.05. The van der Waals surface area contributed by atoms with Gasteiger partial charge in [-0.1, -0.05) is 107 Å². The summed E-state index contributed by atoms with van der Waals surface area (Å²) in [6.45, 7) is 1.46. The zero-order valence-electron chi connectivity index (χ0n) is 20.4. The zero-order valence-corrected chi connectivity index (χ0v) is 23.5. The number of benzene rings is 4. The van der Waals surface area contributed by atoms with Gasteiger partial charge in [-0.2, -0.15) is 5.10 Å². The van der Waals surface area contributed by atoms with Crippen LogP contribution in [0.3, 0.4) is 0 Å². The van der Waals surface area contributed by atoms with Gasteiger partial charge in [-0.25, -0.2) is 5.01 Å². The first-order chi connectivity index (χ1) is 18.8. The number of ketones is 1. The number of halogens is 2. The molecule has 0 radical (unpaired) electrons. The highest BCUT2D eigenvalue weighted by Gasteiger charge is 2.62. The van der Waals surface area contributed by atoms with Crippen LogP contribution < -0.4 is 5.01 Å². The second kappa shape index (κ2) is 9.71. The number of hydrazone groups is 1. The van der Waals surface area contributed by atoms with Crippen LogP contribution in [-0.4, -0.2) is 15.8 Å². The third-order valence-electron chi connectivity index (χ3n) is 6.75. The van der Waals surface area contributed by atoms with Crippen molar-refractivity contribution in [2.75, 3.05) is 5.01 Å². The summed E-state index contributed by atoms with van der Waals surface area (Å²) in [6.07, 6.45) is 0. The van der Waals surface area contributed by atoms with E-state index in [4.69, 9.17) is 28.3 Å². The molecule has 0 aliphatic carbocycles. The number of carbonyl (C=O) groups is 1. The average Bonchev–Trinajstić information content (AvgIpc) is 3.47. The molecule has 1 spiro atoms. The van der Waals surface area contributed by atoms with Gasteiger partial charge in [0.2, 0.25) is 0 Å². The summed E-state index contributed by atoms with van der Waals surface area (Å²) in [5.41, 5.74) is 4.00. The Morgan fingerprint density at radius 1 is 0.846 bits per heavy atom. The van der Waals surface area contributed by atoms with Crippen LogP contribution in [0.15, 0.2) is 102 Å². The van der Waals surface area contributed by atoms with Crippen LogP contribution >= 0.6 is 46.7 Å². The van der Waals surface area contributed by atoms with Gasteiger partial charge in [0.1, 0.15) is 5.69 Å². The Morgan fingerprint density at radius 3 is 1.95 bits per heavy atom. The van der Waals surface area contributed by atoms with Gasteiger partial charge in [-0.3, -0.25) is 14.9 Å². The number of nitrogens with zero attached hydrogens (tertiary/aromatic N) is 3. The Morgan fingerprint density at radius 2 is 1.38 bits per heavy atom. The number of nitro groups is 1. The number of hydrogen-bond donors (Lipinski definition) is 0. The largest absolute Gasteiger partial charge is 0.294 e. The van der Waals surface area contributed by atoms with Crippen LogP contribution in [0.1, 0.15) is 29.2 Å². The SMILES string of the molecule is CC(=O)C1=NN(c2ccccc2[N+](=O)[O-])C2(S1)SC(c1ccc(Cl)cc1)(c1ccc(Cl)cc1)c1ccccc12. The van der Waals surface area contributed by atoms with E-state index in [0.717, 1.165) is 22.3 Å². The van der Waals surface area contributed by atoms with Crippen molar-refractivity contribution in [3.63, 3.8) is 0 Å². The molecule has 0 saturated carbocycles. The number of Topliss-reactive ketones (excluding diaryl/α,β-unsaturated/α-hetero) is 1. The molecule has 6 rings (SSSR count). The normalized spacial score (nSPS) is 19.2. The minimum absolute atomic E-state index is 0.0976. The number of nitro benzene ring substituents is 1. The van der Waals surface area contributed by atoms with Crippen molar-refractivity contribution < 1.29 is 9.72 Å². The Hall–Kier alpha value is -3.30. The molecule has 0 fully saturated rings. The van der Waals surface area contributed by atoms with Crippen LogP contribution in [0.5, 0.6) is 0 Å². The predicted octanol–water partition coefficient (Wildman–Crippen LogP) is 8.21. The Bertz CT molecular complexity index is 1620. The van der Waals surface area contributed by atoms with E-state index in [9.17, 15) is 14.9 Å². The number of anilines is 1. The number of thioether (sulfide) groups is 2. The molecule has 0 aromatic heterocycles. The third-order valence-corrected chi connectivity index (χ3v) is 10.7. The van der Waals surface area contributed by atoms with Crippen LogP contribution in [0.2, 0.25) is 10.0 Å². The van der Waals surface area contributed by atoms with Gasteiger partial charge in [-0.05, 0) is 47.0 Å². The lowest BCUT2D eigenvalue weighted by molar-refractivity contribution is -0.384. The lowest BCUT2D eigenvalue weighted by Crippen LogP contribution is -2.34. The number of carbonyl (C=O) groups excluding carboxylic acids is 1. The van der Waals surface area contributed by atoms with Crippen LogP contribution in [-0.2, 0) is 13.7 Å². The maximum atomic E-state index is 12.7. The molecule has 39 heavy (non-hydrogen) atoms. The van der Waals surface area contributed by atoms with Crippen LogP contribution in [0, 0.1) is 10.1 Å². The molecule has 194 valence electrons. The maximum Gasteiger partial charge on any atom is 0.294 e. The summed E-state index contributed by atoms with van der Waals surface area (Å²) in [5.74, 6) is -0.214. The number of para-hydroxylation sites is 2. The summed E-state index contributed by atoms with van der Waals surface area (Å²) in [6, 6.07) is 29.8. The van der Waals surface area contributed by atoms with Crippen molar-refractivity contribution in [2.24, 2.45) is 5.10 Å². The maximum absolute atomic E-state index is 12.7. The van der Waals surface area contributed by atoms with Gasteiger partial charge in [0.05, 0.1) is 9.67 Å². The lowest BCUT2D eigenvalue weighted by atomic mass is 9.82. The zero-order chi connectivity index (χ0) is 27.4. The Balaban J connectivity index is 1.67. The van der Waals surface area contributed by atoms with E-state index in [2.05, 4.69) is 6.07 Å². The third kappa shape index (κ3) is 4.05. The minimum atomic E-state index is -1.02. The van der Waals surface area contributed by atoms with Gasteiger partial charge in [0, 0.05) is 28.6 Å². The van der Waals surface area contributed by atoms with Gasteiger partial charge in [-0.15, -0.1) is 0 Å². The molecule has 2 heterocycles. The van der Waals surface area contributed by atoms with E-state index in [0.29, 0.717) is 15.7 Å². The van der Waals surface area contributed by atoms with E-state index in [1.54, 1.807) is 35.0 Å². The Kier molecular flexibility index (Phi) is 6.46. The van der Waals surface area contributed by atoms with Gasteiger partial charge in [0.15, 0.2) is 15.0 Å². The molecule has 0 amide bonds. The summed E-state index contributed by atoms with van der Waals surface area (Å²) < 4.78 is -1.80. The standard InChI is InChI=1S/C29H19Cl2N3O3S2/c1-18(35)27-32-33(25-8-4-5-9-26(25)34(36)37)29(38-27)24-7-3-2-6-23(24)28(39-29,19-10-14-21(30)15-11-19)20-12-16-22(31)17-13-20/h2-17H,1H3. The topological polar surface area (TPSA) is 75.8 Å². The van der Waals surface area contributed by atoms with Crippen molar-refractivity contribution in [1.29, 1.82) is 0 Å². The molecule has 2 aliphatic heterocycles. The first-order valence-corrected chi connectivity index (χ1v) is 14.3. The molecule has 0 N–H and O–H groups in total. The quantitative estimate of drug-likeness (QED) is 0.172. The molecule has 1 atom stereocenters. The van der Waals surface area contributed by atoms with Crippen LogP contribution in [0.25, 0.3) is 0 Å². The first kappa shape index (κ1) is 26.0. The lowest BCUT2D eigenvalue weighted by Gasteiger charge is -2.37. The molecular weight excluding hydrogens is 573 g/mol. The highest BCUT2D eigenvalue weighted by atomic mass is 35.5. The van der Waals surface area contributed by atoms with Gasteiger partial charge < -0.3 is 0 Å². The molecule has 0 bridgehead atoms. The van der Waals surface area contributed by atoms with E-state index >= 15 is 0 Å². The van der Waals surface area contributed by atoms with E-state index in [1.807, 2.05) is 66.7 Å². The van der Waals surface area contributed by atoms with Crippen molar-refractivity contribution in [3.05, 3.63) is 139 Å². The summed E-state index contributed by atoms with van der Waals surface area (Å²) in [4.78, 5) is 24.4. The van der Waals surface area contributed by atoms with Crippen molar-refractivity contribution in [3.8, 4) is 0 Å². The molecule has 0 saturated heterocycles. The molecule has 4 aromatic rings. The summed E-state index contributed by atoms with van der Waals surface area (Å²) in [5, 5.41) is 19.9. The van der Waals surface area contributed by atoms with Gasteiger partial charge in [0.25, 0.3) is 5.69 Å². The van der Waals surface area contributed by atoms with E-state index < -0.39 is 13.9 Å². The molecule has 6 nitrogen and oxygen atoms in total. The van der Waals surface area contributed by atoms with Gasteiger partial charge >= 0.3 is 0 Å². The molecular formula is C29H19Cl2N3O3S2. The summed E-state index contributed by atoms with van der Waals surface area (Å²) >= 11 is 15.5. The summed E-state index contributed by atoms with van der Waals surface area (Å²) in [7, 11) is 0. The number of hydrogen-bond acceptors (Lipinski definition) is 7. The second-order valence-corrected chi connectivity index (χ2v) is 12.8. The predicted molar refractivity (Wildman–Crippen MR) is 160 cm³/mol. The van der Waals surface area contributed by atoms with Crippen LogP contribution in [0.4, 0.5) is 11.4 Å². The molecule has 1 unspecified atom stereocenters. The highest BCUT2D eigenvalue weighted by molar-refractivity contribution is 8.27. The smallest absolute Gasteiger partial charge is 0.292 e. The van der Waals surface area contributed by atoms with E-state index in [1.165, 1.54) is 24.8 Å².